The summed E-state index contributed by atoms with van der Waals surface area (Å²) in [4.78, 5) is 3.50. The quantitative estimate of drug-likeness (QED) is 0.578. The van der Waals surface area contributed by atoms with E-state index in [0.29, 0.717) is 15.1 Å². The largest absolute Gasteiger partial charge is 0.303 e. The zero-order valence-electron chi connectivity index (χ0n) is 9.39. The van der Waals surface area contributed by atoms with Gasteiger partial charge in [-0.05, 0) is 38.1 Å². The Bertz CT molecular complexity index is 392. The summed E-state index contributed by atoms with van der Waals surface area (Å²) in [6.45, 7) is 3.58. The predicted molar refractivity (Wildman–Crippen MR) is 77.9 cm³/mol. The minimum absolute atomic E-state index is 0.514. The third-order valence-electron chi connectivity index (χ3n) is 2.84. The van der Waals surface area contributed by atoms with Crippen LogP contribution in [0.4, 0.5) is 0 Å². The fourth-order valence-corrected chi connectivity index (χ4v) is 3.65. The van der Waals surface area contributed by atoms with Gasteiger partial charge in [-0.2, -0.15) is 0 Å². The molecule has 5 heteroatoms. The highest BCUT2D eigenvalue weighted by atomic mass is 35.5. The van der Waals surface area contributed by atoms with Crippen molar-refractivity contribution < 1.29 is 0 Å². The Hall–Kier alpha value is 0.400. The van der Waals surface area contributed by atoms with E-state index in [2.05, 4.69) is 4.90 Å². The lowest BCUT2D eigenvalue weighted by Crippen LogP contribution is -2.21. The molecule has 0 bridgehead atoms. The molecular weight excluding hydrogens is 297 g/mol. The molecule has 1 saturated heterocycles. The number of halogens is 3. The fraction of sp³-hybridized carbons (Fsp3) is 0.500. The summed E-state index contributed by atoms with van der Waals surface area (Å²) in [7, 11) is 0. The Morgan fingerprint density at radius 3 is 2.35 bits per heavy atom. The molecule has 1 aliphatic rings. The predicted octanol–water partition coefficient (Wildman–Crippen LogP) is 4.83. The summed E-state index contributed by atoms with van der Waals surface area (Å²) in [5, 5.41) is 1.77. The highest BCUT2D eigenvalue weighted by Crippen LogP contribution is 2.34. The van der Waals surface area contributed by atoms with Crippen LogP contribution in [0.1, 0.15) is 12.8 Å². The lowest BCUT2D eigenvalue weighted by molar-refractivity contribution is 0.362. The van der Waals surface area contributed by atoms with Gasteiger partial charge in [0.25, 0.3) is 0 Å². The van der Waals surface area contributed by atoms with Crippen LogP contribution in [0, 0.1) is 0 Å². The molecule has 0 N–H and O–H groups in total. The second kappa shape index (κ2) is 6.53. The molecular formula is C12H14Cl3NS. The first-order chi connectivity index (χ1) is 8.16. The van der Waals surface area contributed by atoms with Crippen molar-refractivity contribution in [2.24, 2.45) is 0 Å². The van der Waals surface area contributed by atoms with Crippen LogP contribution in [-0.4, -0.2) is 30.3 Å². The van der Waals surface area contributed by atoms with Crippen molar-refractivity contribution in [1.82, 2.24) is 4.90 Å². The van der Waals surface area contributed by atoms with Crippen molar-refractivity contribution in [3.63, 3.8) is 0 Å². The molecule has 1 aliphatic heterocycles. The third-order valence-corrected chi connectivity index (χ3v) is 5.02. The summed E-state index contributed by atoms with van der Waals surface area (Å²) >= 11 is 19.7. The van der Waals surface area contributed by atoms with Crippen molar-refractivity contribution in [2.45, 2.75) is 17.7 Å². The maximum Gasteiger partial charge on any atom is 0.0607 e. The van der Waals surface area contributed by atoms with Crippen molar-refractivity contribution in [1.29, 1.82) is 0 Å². The van der Waals surface area contributed by atoms with E-state index >= 15 is 0 Å². The van der Waals surface area contributed by atoms with Gasteiger partial charge < -0.3 is 4.90 Å². The van der Waals surface area contributed by atoms with Crippen LogP contribution in [0.15, 0.2) is 17.0 Å². The van der Waals surface area contributed by atoms with Crippen LogP contribution in [0.25, 0.3) is 0 Å². The number of hydrogen-bond acceptors (Lipinski definition) is 2. The number of likely N-dealkylation sites (tertiary alicyclic amines) is 1. The molecule has 1 fully saturated rings. The van der Waals surface area contributed by atoms with E-state index in [1.807, 2.05) is 6.07 Å². The average molecular weight is 311 g/mol. The first kappa shape index (κ1) is 13.8. The SMILES string of the molecule is Clc1cc(Cl)c(SCCN2CCCC2)cc1Cl. The average Bonchev–Trinajstić information content (AvgIpc) is 2.78. The van der Waals surface area contributed by atoms with E-state index in [1.54, 1.807) is 17.8 Å². The molecule has 0 saturated carbocycles. The van der Waals surface area contributed by atoms with Gasteiger partial charge in [0.05, 0.1) is 15.1 Å². The summed E-state index contributed by atoms with van der Waals surface area (Å²) in [6, 6.07) is 3.56. The van der Waals surface area contributed by atoms with Crippen molar-refractivity contribution in [3.05, 3.63) is 27.2 Å². The van der Waals surface area contributed by atoms with Gasteiger partial charge >= 0.3 is 0 Å². The van der Waals surface area contributed by atoms with E-state index in [1.165, 1.54) is 25.9 Å². The van der Waals surface area contributed by atoms with Crippen LogP contribution in [0.3, 0.4) is 0 Å². The Morgan fingerprint density at radius 2 is 1.65 bits per heavy atom. The van der Waals surface area contributed by atoms with Gasteiger partial charge in [-0.3, -0.25) is 0 Å². The second-order valence-electron chi connectivity index (χ2n) is 4.09. The third kappa shape index (κ3) is 3.93. The summed E-state index contributed by atoms with van der Waals surface area (Å²) in [5.74, 6) is 1.04. The second-order valence-corrected chi connectivity index (χ2v) is 6.45. The van der Waals surface area contributed by atoms with E-state index in [-0.39, 0.29) is 0 Å². The highest BCUT2D eigenvalue weighted by molar-refractivity contribution is 7.99. The number of nitrogens with zero attached hydrogens (tertiary/aromatic N) is 1. The van der Waals surface area contributed by atoms with E-state index in [4.69, 9.17) is 34.8 Å². The van der Waals surface area contributed by atoms with Crippen LogP contribution in [0.5, 0.6) is 0 Å². The highest BCUT2D eigenvalue weighted by Gasteiger charge is 2.12. The van der Waals surface area contributed by atoms with Gasteiger partial charge in [0, 0.05) is 17.2 Å². The molecule has 0 aromatic heterocycles. The van der Waals surface area contributed by atoms with Crippen LogP contribution in [-0.2, 0) is 0 Å². The van der Waals surface area contributed by atoms with Gasteiger partial charge in [-0.25, -0.2) is 0 Å². The van der Waals surface area contributed by atoms with Gasteiger partial charge in [0.15, 0.2) is 0 Å². The maximum absolute atomic E-state index is 6.12. The molecule has 1 heterocycles. The number of thioether (sulfide) groups is 1. The zero-order valence-corrected chi connectivity index (χ0v) is 12.5. The minimum atomic E-state index is 0.514. The van der Waals surface area contributed by atoms with E-state index in [9.17, 15) is 0 Å². The molecule has 2 rings (SSSR count). The Labute approximate surface area is 121 Å². The fourth-order valence-electron chi connectivity index (χ4n) is 1.91. The van der Waals surface area contributed by atoms with Gasteiger partial charge in [0.1, 0.15) is 0 Å². The van der Waals surface area contributed by atoms with Crippen LogP contribution < -0.4 is 0 Å². The molecule has 0 spiro atoms. The molecule has 0 unspecified atom stereocenters. The molecule has 0 atom stereocenters. The smallest absolute Gasteiger partial charge is 0.0607 e. The van der Waals surface area contributed by atoms with Gasteiger partial charge in [0.2, 0.25) is 0 Å². The number of hydrogen-bond donors (Lipinski definition) is 0. The lowest BCUT2D eigenvalue weighted by Gasteiger charge is -2.14. The van der Waals surface area contributed by atoms with Crippen LogP contribution >= 0.6 is 46.6 Å². The summed E-state index contributed by atoms with van der Waals surface area (Å²) < 4.78 is 0. The molecule has 0 aliphatic carbocycles. The van der Waals surface area contributed by atoms with Crippen LogP contribution in [0.2, 0.25) is 15.1 Å². The van der Waals surface area contributed by atoms with Crippen molar-refractivity contribution >= 4 is 46.6 Å². The van der Waals surface area contributed by atoms with Crippen molar-refractivity contribution in [2.75, 3.05) is 25.4 Å². The zero-order chi connectivity index (χ0) is 12.3. The summed E-state index contributed by atoms with van der Waals surface area (Å²) in [5.41, 5.74) is 0. The molecule has 1 aromatic carbocycles. The minimum Gasteiger partial charge on any atom is -0.303 e. The van der Waals surface area contributed by atoms with Gasteiger partial charge in [-0.1, -0.05) is 34.8 Å². The Morgan fingerprint density at radius 1 is 1.00 bits per heavy atom. The molecule has 1 aromatic rings. The topological polar surface area (TPSA) is 3.24 Å². The molecule has 17 heavy (non-hydrogen) atoms. The molecule has 94 valence electrons. The lowest BCUT2D eigenvalue weighted by atomic mass is 10.4. The first-order valence-corrected chi connectivity index (χ1v) is 7.78. The Balaban J connectivity index is 1.87. The van der Waals surface area contributed by atoms with Crippen molar-refractivity contribution in [3.8, 4) is 0 Å². The maximum atomic E-state index is 6.12. The number of benzene rings is 1. The number of rotatable bonds is 4. The Kier molecular flexibility index (Phi) is 5.31. The molecule has 1 nitrogen and oxygen atoms in total. The molecule has 0 radical (unpaired) electrons. The van der Waals surface area contributed by atoms with E-state index < -0.39 is 0 Å². The summed E-state index contributed by atoms with van der Waals surface area (Å²) in [6.07, 6.45) is 2.66. The van der Waals surface area contributed by atoms with Gasteiger partial charge in [-0.15, -0.1) is 11.8 Å². The normalized spacial score (nSPS) is 16.6. The monoisotopic (exact) mass is 309 g/mol. The first-order valence-electron chi connectivity index (χ1n) is 5.66. The molecule has 0 amide bonds. The standard InChI is InChI=1S/C12H14Cl3NS/c13-9-7-11(15)12(8-10(9)14)17-6-5-16-3-1-2-4-16/h7-8H,1-6H2. The van der Waals surface area contributed by atoms with E-state index in [0.717, 1.165) is 17.2 Å².